The van der Waals surface area contributed by atoms with Gasteiger partial charge in [0.1, 0.15) is 11.6 Å². The van der Waals surface area contributed by atoms with E-state index in [2.05, 4.69) is 4.90 Å². The first-order chi connectivity index (χ1) is 12.0. The predicted molar refractivity (Wildman–Crippen MR) is 95.5 cm³/mol. The Labute approximate surface area is 152 Å². The molecule has 1 heterocycles. The van der Waals surface area contributed by atoms with Crippen molar-refractivity contribution in [2.75, 3.05) is 19.7 Å². The van der Waals surface area contributed by atoms with Crippen LogP contribution in [0.2, 0.25) is 5.02 Å². The molecule has 0 radical (unpaired) electrons. The van der Waals surface area contributed by atoms with Crippen LogP contribution in [-0.2, 0) is 13.0 Å². The smallest absolute Gasteiger partial charge is 0.129 e. The Morgan fingerprint density at radius 3 is 2.56 bits per heavy atom. The summed E-state index contributed by atoms with van der Waals surface area (Å²) in [5.41, 5.74) is 0.671. The third kappa shape index (κ3) is 4.20. The van der Waals surface area contributed by atoms with Crippen LogP contribution >= 0.6 is 11.6 Å². The second-order valence-electron chi connectivity index (χ2n) is 6.94. The van der Waals surface area contributed by atoms with E-state index in [0.717, 1.165) is 19.4 Å². The minimum Gasteiger partial charge on any atom is -0.396 e. The van der Waals surface area contributed by atoms with Gasteiger partial charge in [-0.15, -0.1) is 0 Å². The van der Waals surface area contributed by atoms with Gasteiger partial charge in [-0.25, -0.2) is 8.78 Å². The molecule has 0 saturated carbocycles. The largest absolute Gasteiger partial charge is 0.396 e. The molecule has 2 aromatic carbocycles. The minimum atomic E-state index is -0.418. The monoisotopic (exact) mass is 365 g/mol. The maximum absolute atomic E-state index is 14.1. The van der Waals surface area contributed by atoms with Crippen molar-refractivity contribution in [2.45, 2.75) is 25.8 Å². The van der Waals surface area contributed by atoms with Crippen molar-refractivity contribution in [2.24, 2.45) is 5.41 Å². The molecule has 0 amide bonds. The standard InChI is InChI=1S/C20H22ClF2NO/c21-17-6-3-8-19(23)16(17)12-24-10-4-9-20(13-24,14-25)11-15-5-1-2-7-18(15)22/h1-3,5-8,25H,4,9-14H2. The molecule has 0 aliphatic carbocycles. The van der Waals surface area contributed by atoms with E-state index in [1.807, 2.05) is 6.07 Å². The Morgan fingerprint density at radius 1 is 1.08 bits per heavy atom. The second-order valence-corrected chi connectivity index (χ2v) is 7.35. The molecule has 1 N–H and O–H groups in total. The lowest BCUT2D eigenvalue weighted by Crippen LogP contribution is -2.46. The number of hydrogen-bond acceptors (Lipinski definition) is 2. The van der Waals surface area contributed by atoms with Crippen LogP contribution in [0, 0.1) is 17.0 Å². The number of hydrogen-bond donors (Lipinski definition) is 1. The summed E-state index contributed by atoms with van der Waals surface area (Å²) in [5.74, 6) is -0.564. The first-order valence-electron chi connectivity index (χ1n) is 8.52. The molecule has 5 heteroatoms. The van der Waals surface area contributed by atoms with Crippen LogP contribution in [0.4, 0.5) is 8.78 Å². The number of aliphatic hydroxyl groups excluding tert-OH is 1. The number of likely N-dealkylation sites (tertiary alicyclic amines) is 1. The van der Waals surface area contributed by atoms with Crippen molar-refractivity contribution in [3.63, 3.8) is 0 Å². The lowest BCUT2D eigenvalue weighted by atomic mass is 9.75. The lowest BCUT2D eigenvalue weighted by Gasteiger charge is -2.42. The Hall–Kier alpha value is -1.49. The Bertz CT molecular complexity index is 719. The molecule has 1 aliphatic rings. The first kappa shape index (κ1) is 18.3. The van der Waals surface area contributed by atoms with Gasteiger partial charge in [-0.1, -0.05) is 35.9 Å². The van der Waals surface area contributed by atoms with Gasteiger partial charge in [0.2, 0.25) is 0 Å². The van der Waals surface area contributed by atoms with Gasteiger partial charge in [0.15, 0.2) is 0 Å². The molecule has 134 valence electrons. The molecular weight excluding hydrogens is 344 g/mol. The number of rotatable bonds is 5. The van der Waals surface area contributed by atoms with Gasteiger partial charge in [0, 0.05) is 29.1 Å². The maximum Gasteiger partial charge on any atom is 0.129 e. The fraction of sp³-hybridized carbons (Fsp3) is 0.400. The third-order valence-corrected chi connectivity index (χ3v) is 5.40. The maximum atomic E-state index is 14.1. The van der Waals surface area contributed by atoms with Crippen molar-refractivity contribution in [1.29, 1.82) is 0 Å². The quantitative estimate of drug-likeness (QED) is 0.847. The summed E-state index contributed by atoms with van der Waals surface area (Å²) in [4.78, 5) is 2.10. The van der Waals surface area contributed by atoms with Gasteiger partial charge in [0.05, 0.1) is 6.61 Å². The molecule has 1 unspecified atom stereocenters. The molecule has 0 spiro atoms. The van der Waals surface area contributed by atoms with Crippen molar-refractivity contribution >= 4 is 11.6 Å². The molecule has 2 nitrogen and oxygen atoms in total. The van der Waals surface area contributed by atoms with Gasteiger partial charge in [-0.2, -0.15) is 0 Å². The number of piperidine rings is 1. The summed E-state index contributed by atoms with van der Waals surface area (Å²) in [6, 6.07) is 11.4. The van der Waals surface area contributed by atoms with Crippen LogP contribution in [-0.4, -0.2) is 29.7 Å². The molecule has 25 heavy (non-hydrogen) atoms. The van der Waals surface area contributed by atoms with Gasteiger partial charge < -0.3 is 5.11 Å². The molecule has 2 aromatic rings. The zero-order chi connectivity index (χ0) is 17.9. The fourth-order valence-electron chi connectivity index (χ4n) is 3.73. The second kappa shape index (κ2) is 7.81. The third-order valence-electron chi connectivity index (χ3n) is 5.04. The summed E-state index contributed by atoms with van der Waals surface area (Å²) < 4.78 is 28.1. The van der Waals surface area contributed by atoms with E-state index in [4.69, 9.17) is 11.6 Å². The van der Waals surface area contributed by atoms with E-state index in [-0.39, 0.29) is 18.2 Å². The average molecular weight is 366 g/mol. The summed E-state index contributed by atoms with van der Waals surface area (Å²) in [7, 11) is 0. The topological polar surface area (TPSA) is 23.5 Å². The fourth-order valence-corrected chi connectivity index (χ4v) is 3.95. The zero-order valence-corrected chi connectivity index (χ0v) is 14.8. The zero-order valence-electron chi connectivity index (χ0n) is 14.0. The van der Waals surface area contributed by atoms with Gasteiger partial charge in [-0.05, 0) is 49.6 Å². The van der Waals surface area contributed by atoms with Crippen LogP contribution in [0.3, 0.4) is 0 Å². The average Bonchev–Trinajstić information content (AvgIpc) is 2.61. The number of halogens is 3. The molecule has 1 aliphatic heterocycles. The SMILES string of the molecule is OCC1(Cc2ccccc2F)CCCN(Cc2c(F)cccc2Cl)C1. The molecule has 3 rings (SSSR count). The highest BCUT2D eigenvalue weighted by Gasteiger charge is 2.36. The highest BCUT2D eigenvalue weighted by Crippen LogP contribution is 2.35. The normalized spacial score (nSPS) is 21.4. The molecule has 1 atom stereocenters. The molecular formula is C20H22ClF2NO. The van der Waals surface area contributed by atoms with Crippen molar-refractivity contribution in [1.82, 2.24) is 4.90 Å². The van der Waals surface area contributed by atoms with Crippen molar-refractivity contribution in [3.8, 4) is 0 Å². The summed E-state index contributed by atoms with van der Waals surface area (Å²) in [5, 5.41) is 10.4. The van der Waals surface area contributed by atoms with Crippen LogP contribution in [0.5, 0.6) is 0 Å². The van der Waals surface area contributed by atoms with E-state index >= 15 is 0 Å². The summed E-state index contributed by atoms with van der Waals surface area (Å²) in [6.45, 7) is 1.76. The number of aliphatic hydroxyl groups is 1. The van der Waals surface area contributed by atoms with Crippen LogP contribution in [0.25, 0.3) is 0 Å². The highest BCUT2D eigenvalue weighted by atomic mass is 35.5. The molecule has 1 fully saturated rings. The van der Waals surface area contributed by atoms with Crippen molar-refractivity contribution in [3.05, 3.63) is 70.2 Å². The van der Waals surface area contributed by atoms with Gasteiger partial charge in [0.25, 0.3) is 0 Å². The van der Waals surface area contributed by atoms with Gasteiger partial charge in [-0.3, -0.25) is 4.90 Å². The highest BCUT2D eigenvalue weighted by molar-refractivity contribution is 6.31. The van der Waals surface area contributed by atoms with Crippen LogP contribution in [0.1, 0.15) is 24.0 Å². The predicted octanol–water partition coefficient (Wildman–Crippen LogP) is 4.44. The molecule has 0 bridgehead atoms. The van der Waals surface area contributed by atoms with E-state index < -0.39 is 5.41 Å². The van der Waals surface area contributed by atoms with Crippen LogP contribution < -0.4 is 0 Å². The van der Waals surface area contributed by atoms with E-state index in [0.29, 0.717) is 35.7 Å². The number of benzene rings is 2. The Kier molecular flexibility index (Phi) is 5.72. The van der Waals surface area contributed by atoms with E-state index in [1.165, 1.54) is 12.1 Å². The lowest BCUT2D eigenvalue weighted by molar-refractivity contribution is 0.0279. The summed E-state index contributed by atoms with van der Waals surface area (Å²) >= 11 is 6.14. The van der Waals surface area contributed by atoms with Crippen molar-refractivity contribution < 1.29 is 13.9 Å². The van der Waals surface area contributed by atoms with Gasteiger partial charge >= 0.3 is 0 Å². The molecule has 1 saturated heterocycles. The number of nitrogens with zero attached hydrogens (tertiary/aromatic N) is 1. The van der Waals surface area contributed by atoms with E-state index in [1.54, 1.807) is 24.3 Å². The van der Waals surface area contributed by atoms with E-state index in [9.17, 15) is 13.9 Å². The van der Waals surface area contributed by atoms with Crippen LogP contribution in [0.15, 0.2) is 42.5 Å². The summed E-state index contributed by atoms with van der Waals surface area (Å²) in [6.07, 6.45) is 2.16. The first-order valence-corrected chi connectivity index (χ1v) is 8.90. The minimum absolute atomic E-state index is 0.0250. The Morgan fingerprint density at radius 2 is 1.84 bits per heavy atom. The Balaban J connectivity index is 1.77. The molecule has 0 aromatic heterocycles.